The summed E-state index contributed by atoms with van der Waals surface area (Å²) in [4.78, 5) is 13.1. The monoisotopic (exact) mass is 365 g/mol. The molecule has 0 radical (unpaired) electrons. The molecule has 1 aromatic heterocycles. The van der Waals surface area contributed by atoms with Crippen LogP contribution >= 0.6 is 11.3 Å². The molecule has 3 heterocycles. The van der Waals surface area contributed by atoms with Crippen molar-refractivity contribution in [3.63, 3.8) is 0 Å². The van der Waals surface area contributed by atoms with Gasteiger partial charge in [0.2, 0.25) is 0 Å². The van der Waals surface area contributed by atoms with Gasteiger partial charge in [-0.05, 0) is 40.8 Å². The first-order chi connectivity index (χ1) is 12.8. The maximum absolute atomic E-state index is 12.0. The van der Waals surface area contributed by atoms with Crippen LogP contribution < -0.4 is 16.0 Å². The smallest absolute Gasteiger partial charge is 0.315 e. The lowest BCUT2D eigenvalue weighted by Crippen LogP contribution is -2.34. The first kappa shape index (κ1) is 16.4. The molecule has 1 aromatic carbocycles. The third-order valence-electron chi connectivity index (χ3n) is 4.12. The first-order valence-corrected chi connectivity index (χ1v) is 9.27. The molecule has 2 aliphatic rings. The van der Waals surface area contributed by atoms with Gasteiger partial charge in [0.25, 0.3) is 0 Å². The molecule has 2 aromatic rings. The molecule has 26 heavy (non-hydrogen) atoms. The van der Waals surface area contributed by atoms with Crippen LogP contribution in [0.4, 0.5) is 4.79 Å². The van der Waals surface area contributed by atoms with Gasteiger partial charge in [0.05, 0.1) is 12.2 Å². The lowest BCUT2D eigenvalue weighted by atomic mass is 10.1. The van der Waals surface area contributed by atoms with E-state index in [1.807, 2.05) is 53.0 Å². The van der Waals surface area contributed by atoms with Crippen LogP contribution in [0, 0.1) is 0 Å². The molecule has 1 unspecified atom stereocenters. The minimum absolute atomic E-state index is 0.0693. The minimum atomic E-state index is -0.168. The van der Waals surface area contributed by atoms with Gasteiger partial charge >= 0.3 is 6.03 Å². The Hall–Kier alpha value is -3.06. The molecule has 0 spiro atoms. The van der Waals surface area contributed by atoms with Gasteiger partial charge in [-0.25, -0.2) is 9.80 Å². The van der Waals surface area contributed by atoms with Crippen molar-refractivity contribution < 1.29 is 4.79 Å². The summed E-state index contributed by atoms with van der Waals surface area (Å²) in [6.45, 7) is 1.02. The van der Waals surface area contributed by atoms with Crippen molar-refractivity contribution in [1.29, 1.82) is 0 Å². The number of hydrogen-bond donors (Lipinski definition) is 3. The summed E-state index contributed by atoms with van der Waals surface area (Å²) in [5, 5.41) is 17.4. The second kappa shape index (κ2) is 7.45. The Bertz CT molecular complexity index is 872. The molecule has 0 saturated carbocycles. The average molecular weight is 365 g/mol. The number of rotatable bonds is 5. The van der Waals surface area contributed by atoms with Gasteiger partial charge in [0.1, 0.15) is 6.17 Å². The number of nitrogens with one attached hydrogen (secondary N) is 3. The molecule has 2 aliphatic heterocycles. The molecule has 132 valence electrons. The van der Waals surface area contributed by atoms with Crippen LogP contribution in [0.3, 0.4) is 0 Å². The van der Waals surface area contributed by atoms with E-state index < -0.39 is 0 Å². The van der Waals surface area contributed by atoms with E-state index >= 15 is 0 Å². The highest BCUT2D eigenvalue weighted by atomic mass is 32.1. The zero-order valence-electron chi connectivity index (χ0n) is 14.1. The van der Waals surface area contributed by atoms with Crippen LogP contribution in [0.2, 0.25) is 0 Å². The number of nitrogens with zero attached hydrogens (tertiary/aromatic N) is 2. The van der Waals surface area contributed by atoms with E-state index in [-0.39, 0.29) is 12.2 Å². The average Bonchev–Trinajstić information content (AvgIpc) is 3.34. The predicted octanol–water partition coefficient (Wildman–Crippen LogP) is 2.83. The molecule has 0 aliphatic carbocycles. The number of hydrazone groups is 1. The van der Waals surface area contributed by atoms with Crippen LogP contribution in [0.25, 0.3) is 5.70 Å². The molecule has 7 heteroatoms. The van der Waals surface area contributed by atoms with Gasteiger partial charge < -0.3 is 16.0 Å². The molecular formula is C19H19N5OS. The Morgan fingerprint density at radius 3 is 3.00 bits per heavy atom. The van der Waals surface area contributed by atoms with E-state index in [2.05, 4.69) is 33.2 Å². The number of carbonyl (C=O) groups excluding carboxylic acids is 1. The van der Waals surface area contributed by atoms with Crippen LogP contribution in [-0.2, 0) is 13.1 Å². The van der Waals surface area contributed by atoms with Gasteiger partial charge in [-0.15, -0.1) is 11.3 Å². The second-order valence-electron chi connectivity index (χ2n) is 5.98. The lowest BCUT2D eigenvalue weighted by Gasteiger charge is -2.19. The first-order valence-electron chi connectivity index (χ1n) is 8.39. The minimum Gasteiger partial charge on any atom is -0.359 e. The van der Waals surface area contributed by atoms with E-state index in [0.29, 0.717) is 13.1 Å². The van der Waals surface area contributed by atoms with Crippen molar-refractivity contribution in [3.05, 3.63) is 76.1 Å². The number of amides is 2. The second-order valence-corrected chi connectivity index (χ2v) is 7.01. The summed E-state index contributed by atoms with van der Waals surface area (Å²) in [6, 6.07) is 11.9. The van der Waals surface area contributed by atoms with E-state index in [4.69, 9.17) is 0 Å². The summed E-state index contributed by atoms with van der Waals surface area (Å²) in [5.74, 6) is 0. The van der Waals surface area contributed by atoms with Crippen LogP contribution in [-0.4, -0.2) is 23.4 Å². The Labute approximate surface area is 155 Å². The van der Waals surface area contributed by atoms with Crippen LogP contribution in [0.5, 0.6) is 0 Å². The van der Waals surface area contributed by atoms with E-state index in [0.717, 1.165) is 21.7 Å². The maximum Gasteiger partial charge on any atom is 0.315 e. The molecule has 1 atom stereocenters. The van der Waals surface area contributed by atoms with Crippen molar-refractivity contribution in [2.45, 2.75) is 19.3 Å². The summed E-state index contributed by atoms with van der Waals surface area (Å²) in [7, 11) is 0. The Morgan fingerprint density at radius 1 is 1.23 bits per heavy atom. The molecule has 0 bridgehead atoms. The van der Waals surface area contributed by atoms with Crippen molar-refractivity contribution in [3.8, 4) is 0 Å². The normalized spacial score (nSPS) is 17.5. The van der Waals surface area contributed by atoms with Crippen molar-refractivity contribution >= 4 is 29.3 Å². The zero-order chi connectivity index (χ0) is 17.8. The SMILES string of the molecule is O=C(NCc1cccc(C2=CN3N=CC=CC3N2)c1)NCc1cccs1. The van der Waals surface area contributed by atoms with Crippen molar-refractivity contribution in [1.82, 2.24) is 21.0 Å². The highest BCUT2D eigenvalue weighted by Crippen LogP contribution is 2.23. The summed E-state index contributed by atoms with van der Waals surface area (Å²) in [5.41, 5.74) is 3.13. The highest BCUT2D eigenvalue weighted by Gasteiger charge is 2.22. The van der Waals surface area contributed by atoms with Gasteiger partial charge in [-0.2, -0.15) is 5.10 Å². The number of urea groups is 1. The molecule has 6 nitrogen and oxygen atoms in total. The van der Waals surface area contributed by atoms with Crippen molar-refractivity contribution in [2.24, 2.45) is 5.10 Å². The van der Waals surface area contributed by atoms with Gasteiger partial charge in [0, 0.05) is 23.8 Å². The number of hydrogen-bond acceptors (Lipinski definition) is 5. The Morgan fingerprint density at radius 2 is 2.15 bits per heavy atom. The summed E-state index contributed by atoms with van der Waals surface area (Å²) >= 11 is 1.63. The maximum atomic E-state index is 12.0. The van der Waals surface area contributed by atoms with Crippen molar-refractivity contribution in [2.75, 3.05) is 0 Å². The largest absolute Gasteiger partial charge is 0.359 e. The van der Waals surface area contributed by atoms with E-state index in [1.165, 1.54) is 0 Å². The third-order valence-corrected chi connectivity index (χ3v) is 5.00. The fourth-order valence-corrected chi connectivity index (χ4v) is 3.46. The molecule has 3 N–H and O–H groups in total. The topological polar surface area (TPSA) is 68.8 Å². The number of allylic oxidation sites excluding steroid dienone is 1. The standard InChI is InChI=1S/C19H19N5OS/c25-19(21-12-16-6-3-9-26-16)20-11-14-4-1-5-15(10-14)17-13-24-18(23-17)7-2-8-22-24/h1-10,13,18,23H,11-12H2,(H2,20,21,25). The fourth-order valence-electron chi connectivity index (χ4n) is 2.82. The van der Waals surface area contributed by atoms with E-state index in [9.17, 15) is 4.79 Å². The van der Waals surface area contributed by atoms with Gasteiger partial charge in [-0.1, -0.05) is 24.3 Å². The third kappa shape index (κ3) is 3.78. The lowest BCUT2D eigenvalue weighted by molar-refractivity contribution is 0.240. The zero-order valence-corrected chi connectivity index (χ0v) is 14.9. The fraction of sp³-hybridized carbons (Fsp3) is 0.158. The molecule has 0 fully saturated rings. The summed E-state index contributed by atoms with van der Waals surface area (Å²) in [6.07, 6.45) is 7.82. The van der Waals surface area contributed by atoms with E-state index in [1.54, 1.807) is 17.6 Å². The van der Waals surface area contributed by atoms with Crippen LogP contribution in [0.1, 0.15) is 16.0 Å². The molecule has 4 rings (SSSR count). The van der Waals surface area contributed by atoms with Gasteiger partial charge in [0.15, 0.2) is 0 Å². The predicted molar refractivity (Wildman–Crippen MR) is 104 cm³/mol. The number of fused-ring (bicyclic) bond motifs is 1. The molecule has 2 amide bonds. The Kier molecular flexibility index (Phi) is 4.70. The highest BCUT2D eigenvalue weighted by molar-refractivity contribution is 7.09. The Balaban J connectivity index is 1.34. The van der Waals surface area contributed by atoms with Crippen LogP contribution in [0.15, 0.2) is 65.2 Å². The van der Waals surface area contributed by atoms with Gasteiger partial charge in [-0.3, -0.25) is 0 Å². The number of carbonyl (C=O) groups is 1. The molecule has 0 saturated heterocycles. The molecular weight excluding hydrogens is 346 g/mol. The summed E-state index contributed by atoms with van der Waals surface area (Å²) < 4.78 is 0. The quantitative estimate of drug-likeness (QED) is 0.763. The number of benzene rings is 1. The number of thiophene rings is 1.